The van der Waals surface area contributed by atoms with Crippen molar-refractivity contribution in [3.05, 3.63) is 24.3 Å². The van der Waals surface area contributed by atoms with Crippen LogP contribution in [0.1, 0.15) is 6.92 Å². The lowest BCUT2D eigenvalue weighted by Gasteiger charge is -2.18. The minimum atomic E-state index is -4.68. The standard InChI is InChI=1S/C12H13F3N2OS/c1-8-6-16-11(19-7-8)17-9-3-2-4-10(5-9)18-12(13,14)15/h2-5,8H,6-7H2,1H3,(H,16,17). The van der Waals surface area contributed by atoms with Crippen molar-refractivity contribution in [3.8, 4) is 5.75 Å². The number of anilines is 1. The summed E-state index contributed by atoms with van der Waals surface area (Å²) >= 11 is 1.56. The summed E-state index contributed by atoms with van der Waals surface area (Å²) in [6.45, 7) is 2.83. The largest absolute Gasteiger partial charge is 0.573 e. The third kappa shape index (κ3) is 4.66. The van der Waals surface area contributed by atoms with Gasteiger partial charge in [0.1, 0.15) is 5.75 Å². The Bertz CT molecular complexity index is 476. The van der Waals surface area contributed by atoms with E-state index in [2.05, 4.69) is 22.0 Å². The number of thioether (sulfide) groups is 1. The molecule has 0 amide bonds. The van der Waals surface area contributed by atoms with E-state index in [1.165, 1.54) is 18.2 Å². The molecule has 2 rings (SSSR count). The lowest BCUT2D eigenvalue weighted by Crippen LogP contribution is -2.19. The molecule has 1 aliphatic rings. The molecule has 0 fully saturated rings. The number of hydrogen-bond donors (Lipinski definition) is 1. The lowest BCUT2D eigenvalue weighted by molar-refractivity contribution is -0.274. The summed E-state index contributed by atoms with van der Waals surface area (Å²) in [6.07, 6.45) is -4.68. The SMILES string of the molecule is CC1CN=C(Nc2cccc(OC(F)(F)F)c2)SC1. The predicted octanol–water partition coefficient (Wildman–Crippen LogP) is 3.74. The van der Waals surface area contributed by atoms with Gasteiger partial charge < -0.3 is 10.1 Å². The molecular formula is C12H13F3N2OS. The highest BCUT2D eigenvalue weighted by Crippen LogP contribution is 2.26. The van der Waals surface area contributed by atoms with Crippen LogP contribution in [0.5, 0.6) is 5.75 Å². The first kappa shape index (κ1) is 14.0. The number of alkyl halides is 3. The number of nitrogens with zero attached hydrogens (tertiary/aromatic N) is 1. The van der Waals surface area contributed by atoms with Crippen LogP contribution in [0.25, 0.3) is 0 Å². The summed E-state index contributed by atoms with van der Waals surface area (Å²) in [4.78, 5) is 4.32. The van der Waals surface area contributed by atoms with E-state index < -0.39 is 6.36 Å². The molecule has 0 aromatic heterocycles. The van der Waals surface area contributed by atoms with Gasteiger partial charge in [-0.3, -0.25) is 4.99 Å². The molecule has 1 N–H and O–H groups in total. The smallest absolute Gasteiger partial charge is 0.406 e. The summed E-state index contributed by atoms with van der Waals surface area (Å²) in [5.41, 5.74) is 0.530. The Hall–Kier alpha value is -1.37. The molecule has 1 unspecified atom stereocenters. The molecule has 3 nitrogen and oxygen atoms in total. The second-order valence-electron chi connectivity index (χ2n) is 4.26. The van der Waals surface area contributed by atoms with Crippen LogP contribution in [0.15, 0.2) is 29.3 Å². The van der Waals surface area contributed by atoms with Gasteiger partial charge >= 0.3 is 6.36 Å². The quantitative estimate of drug-likeness (QED) is 0.901. The highest BCUT2D eigenvalue weighted by atomic mass is 32.2. The Kier molecular flexibility index (Phi) is 4.24. The van der Waals surface area contributed by atoms with Crippen molar-refractivity contribution < 1.29 is 17.9 Å². The lowest BCUT2D eigenvalue weighted by atomic mass is 10.2. The number of hydrogen-bond acceptors (Lipinski definition) is 4. The number of aliphatic imine (C=N–C) groups is 1. The maximum atomic E-state index is 12.1. The average molecular weight is 290 g/mol. The van der Waals surface area contributed by atoms with E-state index >= 15 is 0 Å². The Morgan fingerprint density at radius 2 is 2.21 bits per heavy atom. The van der Waals surface area contributed by atoms with E-state index in [-0.39, 0.29) is 5.75 Å². The zero-order chi connectivity index (χ0) is 13.9. The second kappa shape index (κ2) is 5.73. The Morgan fingerprint density at radius 3 is 2.84 bits per heavy atom. The van der Waals surface area contributed by atoms with Gasteiger partial charge in [0.05, 0.1) is 0 Å². The van der Waals surface area contributed by atoms with E-state index in [1.54, 1.807) is 17.8 Å². The zero-order valence-corrected chi connectivity index (χ0v) is 11.0. The first-order valence-electron chi connectivity index (χ1n) is 5.72. The molecule has 1 aromatic carbocycles. The third-order valence-corrected chi connectivity index (χ3v) is 3.61. The van der Waals surface area contributed by atoms with Crippen LogP contribution in [0, 0.1) is 5.92 Å². The highest BCUT2D eigenvalue weighted by Gasteiger charge is 2.31. The van der Waals surface area contributed by atoms with Gasteiger partial charge in [0, 0.05) is 24.1 Å². The number of rotatable bonds is 2. The molecule has 0 saturated carbocycles. The van der Waals surface area contributed by atoms with Gasteiger partial charge in [-0.05, 0) is 18.1 Å². The highest BCUT2D eigenvalue weighted by molar-refractivity contribution is 8.14. The van der Waals surface area contributed by atoms with Crippen LogP contribution < -0.4 is 10.1 Å². The minimum absolute atomic E-state index is 0.243. The molecule has 1 atom stereocenters. The molecule has 104 valence electrons. The molecule has 7 heteroatoms. The van der Waals surface area contributed by atoms with E-state index in [0.717, 1.165) is 17.5 Å². The monoisotopic (exact) mass is 290 g/mol. The maximum Gasteiger partial charge on any atom is 0.573 e. The fraction of sp³-hybridized carbons (Fsp3) is 0.417. The Morgan fingerprint density at radius 1 is 1.42 bits per heavy atom. The van der Waals surface area contributed by atoms with Gasteiger partial charge in [-0.25, -0.2) is 0 Å². The van der Waals surface area contributed by atoms with Crippen molar-refractivity contribution in [2.45, 2.75) is 13.3 Å². The van der Waals surface area contributed by atoms with Gasteiger partial charge in [0.15, 0.2) is 5.17 Å². The van der Waals surface area contributed by atoms with Gasteiger partial charge in [-0.2, -0.15) is 0 Å². The maximum absolute atomic E-state index is 12.1. The van der Waals surface area contributed by atoms with Crippen molar-refractivity contribution in [1.82, 2.24) is 0 Å². The fourth-order valence-corrected chi connectivity index (χ4v) is 2.43. The summed E-state index contributed by atoms with van der Waals surface area (Å²) in [7, 11) is 0. The molecule has 19 heavy (non-hydrogen) atoms. The first-order chi connectivity index (χ1) is 8.92. The number of amidine groups is 1. The first-order valence-corrected chi connectivity index (χ1v) is 6.71. The van der Waals surface area contributed by atoms with Crippen LogP contribution in [0.4, 0.5) is 18.9 Å². The number of benzene rings is 1. The molecule has 0 saturated heterocycles. The molecule has 1 aliphatic heterocycles. The average Bonchev–Trinajstić information content (AvgIpc) is 2.30. The van der Waals surface area contributed by atoms with E-state index in [0.29, 0.717) is 11.6 Å². The predicted molar refractivity (Wildman–Crippen MR) is 70.7 cm³/mol. The molecule has 1 heterocycles. The molecule has 1 aromatic rings. The number of halogens is 3. The summed E-state index contributed by atoms with van der Waals surface area (Å²) in [5, 5.41) is 3.72. The van der Waals surface area contributed by atoms with Gasteiger partial charge in [-0.1, -0.05) is 24.8 Å². The van der Waals surface area contributed by atoms with Crippen molar-refractivity contribution in [3.63, 3.8) is 0 Å². The van der Waals surface area contributed by atoms with Gasteiger partial charge in [0.25, 0.3) is 0 Å². The molecule has 0 radical (unpaired) electrons. The van der Waals surface area contributed by atoms with Crippen LogP contribution in [0.3, 0.4) is 0 Å². The minimum Gasteiger partial charge on any atom is -0.406 e. The van der Waals surface area contributed by atoms with Crippen molar-refractivity contribution in [1.29, 1.82) is 0 Å². The molecular weight excluding hydrogens is 277 g/mol. The van der Waals surface area contributed by atoms with E-state index in [9.17, 15) is 13.2 Å². The Labute approximate surface area is 113 Å². The van der Waals surface area contributed by atoms with Crippen molar-refractivity contribution >= 4 is 22.6 Å². The summed E-state index contributed by atoms with van der Waals surface area (Å²) in [5.74, 6) is 1.23. The molecule has 0 aliphatic carbocycles. The van der Waals surface area contributed by atoms with Gasteiger partial charge in [0.2, 0.25) is 0 Å². The summed E-state index contributed by atoms with van der Waals surface area (Å²) in [6, 6.07) is 5.73. The number of nitrogens with one attached hydrogen (secondary N) is 1. The van der Waals surface area contributed by atoms with E-state index in [1.807, 2.05) is 0 Å². The van der Waals surface area contributed by atoms with E-state index in [4.69, 9.17) is 0 Å². The molecule has 0 bridgehead atoms. The fourth-order valence-electron chi connectivity index (χ4n) is 1.53. The van der Waals surface area contributed by atoms with Gasteiger partial charge in [-0.15, -0.1) is 13.2 Å². The zero-order valence-electron chi connectivity index (χ0n) is 10.2. The normalized spacial score (nSPS) is 19.8. The third-order valence-electron chi connectivity index (χ3n) is 2.37. The van der Waals surface area contributed by atoms with Crippen LogP contribution >= 0.6 is 11.8 Å². The van der Waals surface area contributed by atoms with Crippen LogP contribution in [0.2, 0.25) is 0 Å². The topological polar surface area (TPSA) is 33.6 Å². The van der Waals surface area contributed by atoms with Crippen molar-refractivity contribution in [2.24, 2.45) is 10.9 Å². The summed E-state index contributed by atoms with van der Waals surface area (Å²) < 4.78 is 40.2. The van der Waals surface area contributed by atoms with Crippen LogP contribution in [-0.4, -0.2) is 23.8 Å². The molecule has 0 spiro atoms. The van der Waals surface area contributed by atoms with Crippen LogP contribution in [-0.2, 0) is 0 Å². The second-order valence-corrected chi connectivity index (χ2v) is 5.27. The Balaban J connectivity index is 2.03. The number of ether oxygens (including phenoxy) is 1. The van der Waals surface area contributed by atoms with Crippen molar-refractivity contribution in [2.75, 3.05) is 17.6 Å².